The van der Waals surface area contributed by atoms with Gasteiger partial charge in [-0.2, -0.15) is 0 Å². The van der Waals surface area contributed by atoms with Crippen LogP contribution in [-0.2, 0) is 21.6 Å². The van der Waals surface area contributed by atoms with Gasteiger partial charge in [0.25, 0.3) is 0 Å². The van der Waals surface area contributed by atoms with E-state index < -0.39 is 17.2 Å². The summed E-state index contributed by atoms with van der Waals surface area (Å²) in [4.78, 5) is 26.4. The lowest BCUT2D eigenvalue weighted by atomic mass is 10.00. The van der Waals surface area contributed by atoms with Crippen LogP contribution in [0.2, 0.25) is 0 Å². The molecule has 0 atom stereocenters. The molecule has 0 aromatic carbocycles. The van der Waals surface area contributed by atoms with Gasteiger partial charge in [0.2, 0.25) is 0 Å². The summed E-state index contributed by atoms with van der Waals surface area (Å²) in [5.41, 5.74) is 1.52. The molecule has 0 saturated heterocycles. The van der Waals surface area contributed by atoms with Crippen molar-refractivity contribution in [2.75, 3.05) is 6.61 Å². The van der Waals surface area contributed by atoms with Crippen LogP contribution in [0.4, 0.5) is 9.59 Å². The first-order chi connectivity index (χ1) is 10.5. The van der Waals surface area contributed by atoms with E-state index in [1.54, 1.807) is 18.0 Å². The van der Waals surface area contributed by atoms with Crippen LogP contribution in [-0.4, -0.2) is 33.9 Å². The summed E-state index contributed by atoms with van der Waals surface area (Å²) in [6.07, 6.45) is 0.973. The fraction of sp³-hybridized carbons (Fsp3) is 0.647. The second kappa shape index (κ2) is 5.58. The molecule has 0 saturated carbocycles. The molecule has 6 heteroatoms. The molecule has 0 N–H and O–H groups in total. The van der Waals surface area contributed by atoms with Gasteiger partial charge in [0, 0.05) is 6.20 Å². The lowest BCUT2D eigenvalue weighted by Gasteiger charge is -2.34. The van der Waals surface area contributed by atoms with Crippen LogP contribution in [0.15, 0.2) is 6.20 Å². The number of amides is 1. The van der Waals surface area contributed by atoms with Gasteiger partial charge in [0.15, 0.2) is 0 Å². The van der Waals surface area contributed by atoms with Crippen LogP contribution in [0.5, 0.6) is 0 Å². The number of ether oxygens (including phenoxy) is 2. The number of hydrogen-bond donors (Lipinski definition) is 0. The number of aromatic nitrogens is 1. The van der Waals surface area contributed by atoms with E-state index in [2.05, 4.69) is 0 Å². The van der Waals surface area contributed by atoms with Gasteiger partial charge in [0.05, 0.1) is 24.4 Å². The lowest BCUT2D eigenvalue weighted by Crippen LogP contribution is -2.44. The molecule has 1 aliphatic heterocycles. The Morgan fingerprint density at radius 1 is 1.26 bits per heavy atom. The quantitative estimate of drug-likeness (QED) is 0.789. The summed E-state index contributed by atoms with van der Waals surface area (Å²) in [6.45, 7) is 13.8. The number of fused-ring (bicyclic) bond motifs is 1. The number of hydrogen-bond acceptors (Lipinski definition) is 4. The highest BCUT2D eigenvalue weighted by atomic mass is 16.6. The fourth-order valence-corrected chi connectivity index (χ4v) is 2.96. The van der Waals surface area contributed by atoms with Gasteiger partial charge in [-0.15, -0.1) is 0 Å². The van der Waals surface area contributed by atoms with Crippen molar-refractivity contribution in [1.82, 2.24) is 9.47 Å². The molecular weight excluding hydrogens is 296 g/mol. The number of aryl methyl sites for hydroxylation is 1. The van der Waals surface area contributed by atoms with Crippen LogP contribution in [0.3, 0.4) is 0 Å². The molecule has 0 radical (unpaired) electrons. The van der Waals surface area contributed by atoms with Crippen LogP contribution < -0.4 is 0 Å². The predicted octanol–water partition coefficient (Wildman–Crippen LogP) is 3.79. The molecular formula is C17H26N2O4. The van der Waals surface area contributed by atoms with Gasteiger partial charge in [-0.1, -0.05) is 0 Å². The van der Waals surface area contributed by atoms with Crippen molar-refractivity contribution in [3.63, 3.8) is 0 Å². The highest BCUT2D eigenvalue weighted by molar-refractivity contribution is 5.76. The van der Waals surface area contributed by atoms with Crippen LogP contribution in [0.25, 0.3) is 0 Å². The Morgan fingerprint density at radius 2 is 1.87 bits per heavy atom. The number of rotatable bonds is 1. The largest absolute Gasteiger partial charge is 0.449 e. The molecule has 23 heavy (non-hydrogen) atoms. The third kappa shape index (κ3) is 3.07. The van der Waals surface area contributed by atoms with E-state index in [-0.39, 0.29) is 6.09 Å². The maximum atomic E-state index is 12.5. The minimum absolute atomic E-state index is 0.307. The molecule has 6 nitrogen and oxygen atoms in total. The van der Waals surface area contributed by atoms with Crippen molar-refractivity contribution in [3.05, 3.63) is 23.0 Å². The molecule has 0 bridgehead atoms. The van der Waals surface area contributed by atoms with Crippen molar-refractivity contribution in [3.8, 4) is 0 Å². The Kier molecular flexibility index (Phi) is 4.22. The van der Waals surface area contributed by atoms with E-state index in [1.165, 1.54) is 4.57 Å². The molecule has 2 heterocycles. The van der Waals surface area contributed by atoms with E-state index in [9.17, 15) is 9.59 Å². The van der Waals surface area contributed by atoms with Gasteiger partial charge in [-0.3, -0.25) is 9.47 Å². The molecule has 0 fully saturated rings. The average molecular weight is 322 g/mol. The van der Waals surface area contributed by atoms with E-state index in [0.29, 0.717) is 13.2 Å². The van der Waals surface area contributed by atoms with Gasteiger partial charge >= 0.3 is 12.2 Å². The zero-order valence-electron chi connectivity index (χ0n) is 15.0. The zero-order valence-corrected chi connectivity index (χ0v) is 15.0. The second-order valence-corrected chi connectivity index (χ2v) is 7.33. The lowest BCUT2D eigenvalue weighted by molar-refractivity contribution is 0.00406. The summed E-state index contributed by atoms with van der Waals surface area (Å²) in [5, 5.41) is 0. The first-order valence-electron chi connectivity index (χ1n) is 7.88. The van der Waals surface area contributed by atoms with E-state index in [1.807, 2.05) is 41.5 Å². The molecule has 1 aliphatic rings. The zero-order chi connectivity index (χ0) is 17.6. The third-order valence-corrected chi connectivity index (χ3v) is 3.97. The van der Waals surface area contributed by atoms with Crippen molar-refractivity contribution in [2.24, 2.45) is 0 Å². The second-order valence-electron chi connectivity index (χ2n) is 7.33. The molecule has 1 amide bonds. The van der Waals surface area contributed by atoms with Crippen LogP contribution in [0.1, 0.15) is 58.4 Å². The summed E-state index contributed by atoms with van der Waals surface area (Å²) in [5.74, 6) is 0. The predicted molar refractivity (Wildman–Crippen MR) is 86.4 cm³/mol. The van der Waals surface area contributed by atoms with E-state index >= 15 is 0 Å². The molecule has 1 aromatic heterocycles. The summed E-state index contributed by atoms with van der Waals surface area (Å²) in [6, 6.07) is 0. The molecule has 1 aromatic rings. The van der Waals surface area contributed by atoms with Crippen molar-refractivity contribution < 1.29 is 19.1 Å². The van der Waals surface area contributed by atoms with Crippen molar-refractivity contribution >= 4 is 12.2 Å². The Morgan fingerprint density at radius 3 is 2.39 bits per heavy atom. The Bertz CT molecular complexity index is 638. The van der Waals surface area contributed by atoms with Gasteiger partial charge in [-0.25, -0.2) is 9.59 Å². The maximum absolute atomic E-state index is 12.5. The summed E-state index contributed by atoms with van der Waals surface area (Å²) >= 11 is 0. The number of nitrogens with zero attached hydrogens (tertiary/aromatic N) is 2. The Labute approximate surface area is 137 Å². The van der Waals surface area contributed by atoms with E-state index in [4.69, 9.17) is 9.47 Å². The number of carbonyl (C=O) groups is 2. The van der Waals surface area contributed by atoms with Crippen LogP contribution >= 0.6 is 0 Å². The standard InChI is InChI=1S/C17H26N2O4/c1-8-22-14(20)18-9-11(2)12-10-19(17(6,7)13(12)18)15(21)23-16(3,4)5/h9H,8,10H2,1-7H3. The third-order valence-electron chi connectivity index (χ3n) is 3.97. The average Bonchev–Trinajstić information content (AvgIpc) is 2.84. The summed E-state index contributed by atoms with van der Waals surface area (Å²) < 4.78 is 12.1. The Hall–Kier alpha value is -1.98. The SMILES string of the molecule is CCOC(=O)n1cc(C)c2c1C(C)(C)N(C(=O)OC(C)(C)C)C2. The molecule has 0 unspecified atom stereocenters. The first kappa shape index (κ1) is 17.4. The summed E-state index contributed by atoms with van der Waals surface area (Å²) in [7, 11) is 0. The number of carbonyl (C=O) groups excluding carboxylic acids is 2. The molecule has 2 rings (SSSR count). The van der Waals surface area contributed by atoms with Gasteiger partial charge < -0.3 is 9.47 Å². The Balaban J connectivity index is 2.40. The molecule has 128 valence electrons. The highest BCUT2D eigenvalue weighted by Crippen LogP contribution is 2.42. The van der Waals surface area contributed by atoms with E-state index in [0.717, 1.165) is 16.8 Å². The first-order valence-corrected chi connectivity index (χ1v) is 7.88. The van der Waals surface area contributed by atoms with Gasteiger partial charge in [0.1, 0.15) is 5.60 Å². The van der Waals surface area contributed by atoms with Crippen molar-refractivity contribution in [2.45, 2.75) is 66.2 Å². The topological polar surface area (TPSA) is 60.8 Å². The monoisotopic (exact) mass is 322 g/mol. The minimum Gasteiger partial charge on any atom is -0.449 e. The van der Waals surface area contributed by atoms with Crippen molar-refractivity contribution in [1.29, 1.82) is 0 Å². The van der Waals surface area contributed by atoms with Gasteiger partial charge in [-0.05, 0) is 59.6 Å². The highest BCUT2D eigenvalue weighted by Gasteiger charge is 2.46. The van der Waals surface area contributed by atoms with Crippen LogP contribution in [0, 0.1) is 6.92 Å². The minimum atomic E-state index is -0.654. The smallest absolute Gasteiger partial charge is 0.418 e. The molecule has 0 aliphatic carbocycles. The maximum Gasteiger partial charge on any atom is 0.418 e. The molecule has 0 spiro atoms. The normalized spacial score (nSPS) is 16.2. The fourth-order valence-electron chi connectivity index (χ4n) is 2.96.